The fourth-order valence-corrected chi connectivity index (χ4v) is 2.22. The predicted molar refractivity (Wildman–Crippen MR) is 78.3 cm³/mol. The topological polar surface area (TPSA) is 80.0 Å². The van der Waals surface area contributed by atoms with Crippen LogP contribution in [-0.2, 0) is 9.59 Å². The summed E-state index contributed by atoms with van der Waals surface area (Å²) in [6.07, 6.45) is 2.92. The Labute approximate surface area is 126 Å². The van der Waals surface area contributed by atoms with E-state index in [2.05, 4.69) is 0 Å². The molecule has 0 saturated carbocycles. The number of anilines is 1. The van der Waals surface area contributed by atoms with Crippen molar-refractivity contribution >= 4 is 23.6 Å². The molecule has 0 saturated heterocycles. The van der Waals surface area contributed by atoms with Gasteiger partial charge in [-0.15, -0.1) is 0 Å². The van der Waals surface area contributed by atoms with Crippen LogP contribution in [-0.4, -0.2) is 23.0 Å². The van der Waals surface area contributed by atoms with Crippen LogP contribution in [0.3, 0.4) is 0 Å². The molecule has 0 bridgehead atoms. The highest BCUT2D eigenvalue weighted by atomic mass is 16.5. The number of carboxylic acid groups (broad SMARTS) is 1. The summed E-state index contributed by atoms with van der Waals surface area (Å²) in [7, 11) is 0. The molecule has 6 nitrogen and oxygen atoms in total. The number of hydrogen-bond acceptors (Lipinski definition) is 4. The number of para-hydroxylation sites is 2. The Morgan fingerprint density at radius 2 is 2.05 bits per heavy atom. The minimum absolute atomic E-state index is 0.0155. The quantitative estimate of drug-likeness (QED) is 0.881. The molecule has 112 valence electrons. The molecule has 1 amide bonds. The smallest absolute Gasteiger partial charge is 0.326 e. The number of benzene rings is 1. The molecule has 1 aromatic heterocycles. The molecule has 0 aliphatic carbocycles. The number of carbonyl (C=O) groups excluding carboxylic acids is 1. The molecule has 3 rings (SSSR count). The van der Waals surface area contributed by atoms with Crippen molar-refractivity contribution in [3.8, 4) is 5.75 Å². The number of amides is 1. The summed E-state index contributed by atoms with van der Waals surface area (Å²) in [5, 5.41) is 9.25. The van der Waals surface area contributed by atoms with Crippen LogP contribution < -0.4 is 9.64 Å². The van der Waals surface area contributed by atoms with E-state index in [1.165, 1.54) is 24.2 Å². The van der Waals surface area contributed by atoms with E-state index in [4.69, 9.17) is 9.15 Å². The fourth-order valence-electron chi connectivity index (χ4n) is 2.22. The summed E-state index contributed by atoms with van der Waals surface area (Å²) in [6.45, 7) is 1.45. The lowest BCUT2D eigenvalue weighted by Crippen LogP contribution is -2.47. The van der Waals surface area contributed by atoms with E-state index >= 15 is 0 Å². The number of carbonyl (C=O) groups is 2. The van der Waals surface area contributed by atoms with Crippen LogP contribution in [0.15, 0.2) is 52.8 Å². The maximum Gasteiger partial charge on any atom is 0.326 e. The van der Waals surface area contributed by atoms with Gasteiger partial charge in [-0.1, -0.05) is 12.1 Å². The number of ether oxygens (including phenoxy) is 1. The average molecular weight is 299 g/mol. The van der Waals surface area contributed by atoms with Crippen molar-refractivity contribution < 1.29 is 23.8 Å². The molecule has 1 aromatic carbocycles. The van der Waals surface area contributed by atoms with Crippen molar-refractivity contribution in [1.29, 1.82) is 0 Å². The number of rotatable bonds is 3. The fraction of sp³-hybridized carbons (Fsp3) is 0.125. The van der Waals surface area contributed by atoms with Crippen LogP contribution >= 0.6 is 0 Å². The highest BCUT2D eigenvalue weighted by molar-refractivity contribution is 6.12. The van der Waals surface area contributed by atoms with Gasteiger partial charge in [0.15, 0.2) is 11.5 Å². The highest BCUT2D eigenvalue weighted by Crippen LogP contribution is 2.36. The summed E-state index contributed by atoms with van der Waals surface area (Å²) in [4.78, 5) is 25.1. The van der Waals surface area contributed by atoms with Gasteiger partial charge in [-0.2, -0.15) is 0 Å². The van der Waals surface area contributed by atoms with Gasteiger partial charge in [0.1, 0.15) is 11.8 Å². The molecule has 1 aliphatic heterocycles. The van der Waals surface area contributed by atoms with Crippen molar-refractivity contribution in [3.63, 3.8) is 0 Å². The summed E-state index contributed by atoms with van der Waals surface area (Å²) in [5.41, 5.74) is 0.430. The number of furan rings is 1. The van der Waals surface area contributed by atoms with Gasteiger partial charge in [-0.25, -0.2) is 4.79 Å². The van der Waals surface area contributed by atoms with Crippen LogP contribution in [0.25, 0.3) is 6.08 Å². The second-order valence-electron chi connectivity index (χ2n) is 4.78. The predicted octanol–water partition coefficient (Wildman–Crippen LogP) is 2.52. The molecule has 2 aromatic rings. The minimum atomic E-state index is -1.09. The van der Waals surface area contributed by atoms with E-state index in [0.717, 1.165) is 0 Å². The molecule has 1 unspecified atom stereocenters. The SMILES string of the molecule is CC(C(=O)O)N1C(=O)/C(=C\c2ccco2)Oc2ccccc21. The lowest BCUT2D eigenvalue weighted by Gasteiger charge is -2.32. The van der Waals surface area contributed by atoms with Gasteiger partial charge in [0.25, 0.3) is 5.91 Å². The molecule has 22 heavy (non-hydrogen) atoms. The molecular weight excluding hydrogens is 286 g/mol. The van der Waals surface area contributed by atoms with Crippen LogP contribution in [0, 0.1) is 0 Å². The summed E-state index contributed by atoms with van der Waals surface area (Å²) in [5.74, 6) is -0.729. The van der Waals surface area contributed by atoms with Crippen LogP contribution in [0.1, 0.15) is 12.7 Å². The number of aliphatic carboxylic acids is 1. The first-order valence-corrected chi connectivity index (χ1v) is 6.66. The van der Waals surface area contributed by atoms with E-state index in [0.29, 0.717) is 17.2 Å². The van der Waals surface area contributed by atoms with Crippen molar-refractivity contribution in [1.82, 2.24) is 0 Å². The lowest BCUT2D eigenvalue weighted by atomic mass is 10.1. The largest absolute Gasteiger partial charge is 0.480 e. The summed E-state index contributed by atoms with van der Waals surface area (Å²) < 4.78 is 10.8. The summed E-state index contributed by atoms with van der Waals surface area (Å²) >= 11 is 0. The van der Waals surface area contributed by atoms with Gasteiger partial charge < -0.3 is 14.3 Å². The number of nitrogens with zero attached hydrogens (tertiary/aromatic N) is 1. The highest BCUT2D eigenvalue weighted by Gasteiger charge is 2.36. The van der Waals surface area contributed by atoms with Crippen LogP contribution in [0.4, 0.5) is 5.69 Å². The first kappa shape index (κ1) is 13.9. The molecule has 0 radical (unpaired) electrons. The number of hydrogen-bond donors (Lipinski definition) is 1. The molecular formula is C16H13NO5. The standard InChI is InChI=1S/C16H13NO5/c1-10(16(19)20)17-12-6-2-3-7-13(12)22-14(15(17)18)9-11-5-4-8-21-11/h2-10H,1H3,(H,19,20)/b14-9+. The molecule has 1 atom stereocenters. The Bertz CT molecular complexity index is 748. The van der Waals surface area contributed by atoms with Crippen molar-refractivity contribution in [2.75, 3.05) is 4.90 Å². The molecule has 2 heterocycles. The van der Waals surface area contributed by atoms with E-state index in [9.17, 15) is 14.7 Å². The second-order valence-corrected chi connectivity index (χ2v) is 4.78. The van der Waals surface area contributed by atoms with Gasteiger partial charge in [0.2, 0.25) is 0 Å². The van der Waals surface area contributed by atoms with Gasteiger partial charge >= 0.3 is 5.97 Å². The molecule has 1 aliphatic rings. The first-order chi connectivity index (χ1) is 10.6. The van der Waals surface area contributed by atoms with E-state index in [1.807, 2.05) is 0 Å². The number of carboxylic acids is 1. The Balaban J connectivity index is 2.08. The van der Waals surface area contributed by atoms with E-state index in [-0.39, 0.29) is 5.76 Å². The van der Waals surface area contributed by atoms with Crippen molar-refractivity contribution in [3.05, 3.63) is 54.2 Å². The maximum absolute atomic E-state index is 12.6. The minimum Gasteiger partial charge on any atom is -0.480 e. The molecule has 6 heteroatoms. The first-order valence-electron chi connectivity index (χ1n) is 6.66. The second kappa shape index (κ2) is 5.40. The van der Waals surface area contributed by atoms with Gasteiger partial charge in [-0.05, 0) is 31.2 Å². The van der Waals surface area contributed by atoms with Gasteiger partial charge in [-0.3, -0.25) is 9.69 Å². The third-order valence-corrected chi connectivity index (χ3v) is 3.34. The zero-order valence-corrected chi connectivity index (χ0v) is 11.7. The zero-order valence-electron chi connectivity index (χ0n) is 11.7. The normalized spacial score (nSPS) is 17.0. The lowest BCUT2D eigenvalue weighted by molar-refractivity contribution is -0.139. The van der Waals surface area contributed by atoms with Crippen LogP contribution in [0.5, 0.6) is 5.75 Å². The number of fused-ring (bicyclic) bond motifs is 1. The van der Waals surface area contributed by atoms with Gasteiger partial charge in [0, 0.05) is 6.08 Å². The Morgan fingerprint density at radius 1 is 1.27 bits per heavy atom. The Kier molecular flexibility index (Phi) is 3.42. The zero-order chi connectivity index (χ0) is 15.7. The van der Waals surface area contributed by atoms with Crippen molar-refractivity contribution in [2.24, 2.45) is 0 Å². The molecule has 1 N–H and O–H groups in total. The van der Waals surface area contributed by atoms with E-state index in [1.54, 1.807) is 36.4 Å². The Hall–Kier alpha value is -3.02. The molecule has 0 fully saturated rings. The summed E-state index contributed by atoms with van der Waals surface area (Å²) in [6, 6.07) is 9.15. The average Bonchev–Trinajstić information content (AvgIpc) is 3.00. The Morgan fingerprint density at radius 3 is 2.73 bits per heavy atom. The van der Waals surface area contributed by atoms with E-state index < -0.39 is 17.9 Å². The molecule has 0 spiro atoms. The monoisotopic (exact) mass is 299 g/mol. The third-order valence-electron chi connectivity index (χ3n) is 3.34. The van der Waals surface area contributed by atoms with Gasteiger partial charge in [0.05, 0.1) is 12.0 Å². The van der Waals surface area contributed by atoms with Crippen molar-refractivity contribution in [2.45, 2.75) is 13.0 Å². The maximum atomic E-state index is 12.6. The third kappa shape index (κ3) is 2.35. The van der Waals surface area contributed by atoms with Crippen LogP contribution in [0.2, 0.25) is 0 Å².